The predicted molar refractivity (Wildman–Crippen MR) is 113 cm³/mol. The van der Waals surface area contributed by atoms with E-state index in [0.29, 0.717) is 31.3 Å². The first-order chi connectivity index (χ1) is 16.1. The van der Waals surface area contributed by atoms with Crippen LogP contribution in [0.4, 0.5) is 13.2 Å². The number of aliphatic carboxylic acids is 1. The second kappa shape index (κ2) is 11.0. The van der Waals surface area contributed by atoms with Gasteiger partial charge in [0.05, 0.1) is 19.7 Å². The van der Waals surface area contributed by atoms with E-state index in [9.17, 15) is 18.0 Å². The Hall–Kier alpha value is -2.99. The fourth-order valence-corrected chi connectivity index (χ4v) is 4.05. The first kappa shape index (κ1) is 25.6. The molecule has 34 heavy (non-hydrogen) atoms. The summed E-state index contributed by atoms with van der Waals surface area (Å²) in [6.45, 7) is 3.49. The summed E-state index contributed by atoms with van der Waals surface area (Å²) >= 11 is 0. The zero-order valence-electron chi connectivity index (χ0n) is 18.7. The largest absolute Gasteiger partial charge is 0.490 e. The Morgan fingerprint density at radius 3 is 2.50 bits per heavy atom. The topological polar surface area (TPSA) is 107 Å². The molecule has 2 saturated heterocycles. The van der Waals surface area contributed by atoms with Crippen molar-refractivity contribution in [1.29, 1.82) is 0 Å². The summed E-state index contributed by atoms with van der Waals surface area (Å²) < 4.78 is 45.3. The number of nitrogens with zero attached hydrogens (tertiary/aromatic N) is 4. The third-order valence-corrected chi connectivity index (χ3v) is 5.81. The van der Waals surface area contributed by atoms with Crippen LogP contribution in [-0.4, -0.2) is 74.7 Å². The molecule has 4 heterocycles. The molecule has 0 aromatic carbocycles. The molecule has 12 heteroatoms. The van der Waals surface area contributed by atoms with Gasteiger partial charge in [-0.25, -0.2) is 4.79 Å². The number of carboxylic acids is 1. The molecule has 186 valence electrons. The highest BCUT2D eigenvalue weighted by molar-refractivity contribution is 5.93. The van der Waals surface area contributed by atoms with E-state index in [0.717, 1.165) is 38.0 Å². The standard InChI is InChI=1S/C20H26N4O3.C2HF3O2/c1-23-18(4-9-22-23)19(25)24-14-20(15-24)12-16(6-11-27-20)5-10-26-13-17-2-7-21-8-3-17;3-2(4,5)1(6)7/h2-4,7-9,16H,5-6,10-15H2,1H3;(H,6,7). The normalized spacial score (nSPS) is 19.2. The van der Waals surface area contributed by atoms with Gasteiger partial charge in [-0.05, 0) is 48.9 Å². The molecule has 0 aliphatic carbocycles. The maximum Gasteiger partial charge on any atom is 0.490 e. The zero-order chi connectivity index (χ0) is 24.8. The maximum absolute atomic E-state index is 12.5. The average molecular weight is 484 g/mol. The fourth-order valence-electron chi connectivity index (χ4n) is 4.05. The van der Waals surface area contributed by atoms with Crippen LogP contribution in [0.15, 0.2) is 36.8 Å². The first-order valence-electron chi connectivity index (χ1n) is 10.8. The smallest absolute Gasteiger partial charge is 0.475 e. The third-order valence-electron chi connectivity index (χ3n) is 5.81. The molecule has 2 fully saturated rings. The Labute approximate surface area is 194 Å². The van der Waals surface area contributed by atoms with Crippen molar-refractivity contribution < 1.29 is 37.3 Å². The number of amides is 1. The van der Waals surface area contributed by atoms with Crippen molar-refractivity contribution >= 4 is 11.9 Å². The molecule has 2 aliphatic heterocycles. The van der Waals surface area contributed by atoms with E-state index in [4.69, 9.17) is 19.4 Å². The molecule has 1 N–H and O–H groups in total. The van der Waals surface area contributed by atoms with Crippen LogP contribution in [0.3, 0.4) is 0 Å². The molecule has 0 radical (unpaired) electrons. The lowest BCUT2D eigenvalue weighted by atomic mass is 9.79. The number of carbonyl (C=O) groups excluding carboxylic acids is 1. The summed E-state index contributed by atoms with van der Waals surface area (Å²) in [5.74, 6) is -2.13. The van der Waals surface area contributed by atoms with Gasteiger partial charge in [0.15, 0.2) is 0 Å². The van der Waals surface area contributed by atoms with Gasteiger partial charge >= 0.3 is 12.1 Å². The number of hydrogen-bond donors (Lipinski definition) is 1. The second-order valence-electron chi connectivity index (χ2n) is 8.39. The monoisotopic (exact) mass is 484 g/mol. The van der Waals surface area contributed by atoms with Crippen LogP contribution in [0.2, 0.25) is 0 Å². The number of aromatic nitrogens is 3. The molecule has 2 aromatic rings. The summed E-state index contributed by atoms with van der Waals surface area (Å²) in [5.41, 5.74) is 1.61. The Bertz CT molecular complexity index is 961. The van der Waals surface area contributed by atoms with Gasteiger partial charge in [-0.2, -0.15) is 18.3 Å². The SMILES string of the molecule is Cn1nccc1C(=O)N1CC2(CC(CCOCc3ccncc3)CCO2)C1.O=C(O)C(F)(F)F. The number of aryl methyl sites for hydroxylation is 1. The van der Waals surface area contributed by atoms with E-state index >= 15 is 0 Å². The molecule has 4 rings (SSSR count). The van der Waals surface area contributed by atoms with Crippen LogP contribution >= 0.6 is 0 Å². The van der Waals surface area contributed by atoms with Crippen LogP contribution in [0.1, 0.15) is 35.3 Å². The number of hydrogen-bond acceptors (Lipinski definition) is 6. The highest BCUT2D eigenvalue weighted by Crippen LogP contribution is 2.38. The van der Waals surface area contributed by atoms with E-state index in [2.05, 4.69) is 10.1 Å². The zero-order valence-corrected chi connectivity index (χ0v) is 18.7. The Morgan fingerprint density at radius 2 is 1.91 bits per heavy atom. The van der Waals surface area contributed by atoms with Gasteiger partial charge in [-0.1, -0.05) is 0 Å². The van der Waals surface area contributed by atoms with Gasteiger partial charge < -0.3 is 19.5 Å². The number of carbonyl (C=O) groups is 2. The van der Waals surface area contributed by atoms with Crippen molar-refractivity contribution in [3.8, 4) is 0 Å². The summed E-state index contributed by atoms with van der Waals surface area (Å²) in [7, 11) is 1.79. The number of rotatable bonds is 6. The Balaban J connectivity index is 0.000000406. The lowest BCUT2D eigenvalue weighted by molar-refractivity contribution is -0.192. The van der Waals surface area contributed by atoms with E-state index in [1.54, 1.807) is 36.4 Å². The molecule has 1 atom stereocenters. The Morgan fingerprint density at radius 1 is 1.24 bits per heavy atom. The third kappa shape index (κ3) is 6.76. The average Bonchev–Trinajstić information content (AvgIpc) is 3.21. The molecule has 0 bridgehead atoms. The maximum atomic E-state index is 12.5. The van der Waals surface area contributed by atoms with Gasteiger partial charge in [0.2, 0.25) is 0 Å². The number of pyridine rings is 1. The highest BCUT2D eigenvalue weighted by Gasteiger charge is 2.49. The van der Waals surface area contributed by atoms with E-state index in [1.165, 1.54) is 0 Å². The minimum atomic E-state index is -5.08. The van der Waals surface area contributed by atoms with Crippen molar-refractivity contribution in [2.45, 2.75) is 37.6 Å². The van der Waals surface area contributed by atoms with Gasteiger partial charge in [0.25, 0.3) is 5.91 Å². The van der Waals surface area contributed by atoms with Crippen LogP contribution in [0.25, 0.3) is 0 Å². The second-order valence-corrected chi connectivity index (χ2v) is 8.39. The van der Waals surface area contributed by atoms with Crippen molar-refractivity contribution in [1.82, 2.24) is 19.7 Å². The Kier molecular flexibility index (Phi) is 8.26. The lowest BCUT2D eigenvalue weighted by Crippen LogP contribution is -2.66. The van der Waals surface area contributed by atoms with E-state index in [-0.39, 0.29) is 11.5 Å². The predicted octanol–water partition coefficient (Wildman–Crippen LogP) is 2.68. The van der Waals surface area contributed by atoms with E-state index in [1.807, 2.05) is 17.0 Å². The molecule has 1 amide bonds. The van der Waals surface area contributed by atoms with Crippen molar-refractivity contribution in [3.05, 3.63) is 48.0 Å². The molecule has 9 nitrogen and oxygen atoms in total. The number of carboxylic acid groups (broad SMARTS) is 1. The number of halogens is 3. The lowest BCUT2D eigenvalue weighted by Gasteiger charge is -2.53. The van der Waals surface area contributed by atoms with Crippen molar-refractivity contribution in [3.63, 3.8) is 0 Å². The van der Waals surface area contributed by atoms with Crippen LogP contribution in [0.5, 0.6) is 0 Å². The minimum Gasteiger partial charge on any atom is -0.475 e. The van der Waals surface area contributed by atoms with Crippen LogP contribution < -0.4 is 0 Å². The molecule has 1 spiro atoms. The van der Waals surface area contributed by atoms with Crippen molar-refractivity contribution in [2.75, 3.05) is 26.3 Å². The molecular formula is C22H27F3N4O5. The number of ether oxygens (including phenoxy) is 2. The molecular weight excluding hydrogens is 457 g/mol. The van der Waals surface area contributed by atoms with Gasteiger partial charge in [-0.3, -0.25) is 14.5 Å². The van der Waals surface area contributed by atoms with Gasteiger partial charge in [0.1, 0.15) is 11.3 Å². The summed E-state index contributed by atoms with van der Waals surface area (Å²) in [4.78, 5) is 27.3. The van der Waals surface area contributed by atoms with Gasteiger partial charge in [0, 0.05) is 38.9 Å². The number of likely N-dealkylation sites (tertiary alicyclic amines) is 1. The molecule has 2 aliphatic rings. The van der Waals surface area contributed by atoms with Gasteiger partial charge in [-0.15, -0.1) is 0 Å². The summed E-state index contributed by atoms with van der Waals surface area (Å²) in [5, 5.41) is 11.2. The fraction of sp³-hybridized carbons (Fsp3) is 0.545. The summed E-state index contributed by atoms with van der Waals surface area (Å²) in [6, 6.07) is 5.72. The van der Waals surface area contributed by atoms with E-state index < -0.39 is 12.1 Å². The first-order valence-corrected chi connectivity index (χ1v) is 10.8. The number of alkyl halides is 3. The van der Waals surface area contributed by atoms with Crippen LogP contribution in [-0.2, 0) is 27.9 Å². The van der Waals surface area contributed by atoms with Crippen LogP contribution in [0, 0.1) is 5.92 Å². The highest BCUT2D eigenvalue weighted by atomic mass is 19.4. The molecule has 0 saturated carbocycles. The quantitative estimate of drug-likeness (QED) is 0.629. The molecule has 2 aromatic heterocycles. The minimum absolute atomic E-state index is 0.0343. The summed E-state index contributed by atoms with van der Waals surface area (Å²) in [6.07, 6.45) is 3.25. The van der Waals surface area contributed by atoms with Crippen molar-refractivity contribution in [2.24, 2.45) is 13.0 Å². The molecule has 1 unspecified atom stereocenters.